The Kier molecular flexibility index (Phi) is 8.68. The Bertz CT molecular complexity index is 1190. The van der Waals surface area contributed by atoms with Gasteiger partial charge >= 0.3 is 6.03 Å². The van der Waals surface area contributed by atoms with E-state index in [1.54, 1.807) is 0 Å². The monoisotopic (exact) mass is 505 g/mol. The molecule has 1 fully saturated rings. The van der Waals surface area contributed by atoms with Gasteiger partial charge in [-0.25, -0.2) is 4.79 Å². The molecule has 3 aromatic carbocycles. The number of urea groups is 1. The first kappa shape index (κ1) is 25.4. The van der Waals surface area contributed by atoms with Gasteiger partial charge in [0.25, 0.3) is 5.91 Å². The molecule has 3 N–H and O–H groups in total. The van der Waals surface area contributed by atoms with Crippen LogP contribution >= 0.6 is 11.6 Å². The predicted molar refractivity (Wildman–Crippen MR) is 146 cm³/mol. The Morgan fingerprint density at radius 3 is 2.50 bits per heavy atom. The van der Waals surface area contributed by atoms with Crippen LogP contribution in [0.3, 0.4) is 0 Å². The first-order valence-corrected chi connectivity index (χ1v) is 12.7. The molecular weight excluding hydrogens is 474 g/mol. The maximum Gasteiger partial charge on any atom is 0.317 e. The molecule has 1 heterocycles. The lowest BCUT2D eigenvalue weighted by Gasteiger charge is -2.27. The summed E-state index contributed by atoms with van der Waals surface area (Å²) >= 11 is 6.22. The number of halogens is 1. The second kappa shape index (κ2) is 12.3. The van der Waals surface area contributed by atoms with Gasteiger partial charge in [0.15, 0.2) is 0 Å². The molecule has 1 saturated heterocycles. The molecule has 188 valence electrons. The van der Waals surface area contributed by atoms with E-state index in [0.717, 1.165) is 35.6 Å². The highest BCUT2D eigenvalue weighted by atomic mass is 35.5. The number of carbonyl (C=O) groups is 2. The summed E-state index contributed by atoms with van der Waals surface area (Å²) in [6.45, 7) is 5.83. The molecule has 4 rings (SSSR count). The number of hydrogen-bond donors (Lipinski definition) is 3. The van der Waals surface area contributed by atoms with Crippen LogP contribution in [-0.4, -0.2) is 49.6 Å². The van der Waals surface area contributed by atoms with Gasteiger partial charge in [-0.15, -0.1) is 0 Å². The van der Waals surface area contributed by atoms with Crippen molar-refractivity contribution in [2.75, 3.05) is 42.9 Å². The molecule has 3 amide bonds. The summed E-state index contributed by atoms with van der Waals surface area (Å²) in [4.78, 5) is 29.4. The third-order valence-electron chi connectivity index (χ3n) is 6.11. The van der Waals surface area contributed by atoms with Gasteiger partial charge in [0.05, 0.1) is 11.4 Å². The average molecular weight is 506 g/mol. The molecule has 0 bridgehead atoms. The van der Waals surface area contributed by atoms with Crippen molar-refractivity contribution in [3.63, 3.8) is 0 Å². The van der Waals surface area contributed by atoms with Gasteiger partial charge in [-0.3, -0.25) is 4.79 Å². The molecule has 0 spiro atoms. The summed E-state index contributed by atoms with van der Waals surface area (Å²) in [5, 5.41) is 9.98. The number of nitrogens with one attached hydrogen (secondary N) is 3. The Morgan fingerprint density at radius 2 is 1.72 bits per heavy atom. The third kappa shape index (κ3) is 6.70. The van der Waals surface area contributed by atoms with Gasteiger partial charge < -0.3 is 25.8 Å². The minimum absolute atomic E-state index is 0.0259. The number of amides is 3. The van der Waals surface area contributed by atoms with Crippen molar-refractivity contribution in [3.8, 4) is 0 Å². The fraction of sp³-hybridized carbons (Fsp3) is 0.286. The fourth-order valence-electron chi connectivity index (χ4n) is 4.28. The number of anilines is 3. The average Bonchev–Trinajstić information content (AvgIpc) is 3.14. The lowest BCUT2D eigenvalue weighted by Crippen LogP contribution is -2.42. The molecule has 0 radical (unpaired) electrons. The molecule has 1 aliphatic heterocycles. The van der Waals surface area contributed by atoms with E-state index in [1.807, 2.05) is 84.6 Å². The second-order valence-corrected chi connectivity index (χ2v) is 9.14. The Hall–Kier alpha value is -3.71. The van der Waals surface area contributed by atoms with E-state index in [-0.39, 0.29) is 11.9 Å². The Balaban J connectivity index is 1.56. The van der Waals surface area contributed by atoms with Crippen LogP contribution in [0.5, 0.6) is 0 Å². The summed E-state index contributed by atoms with van der Waals surface area (Å²) < 4.78 is 0. The Labute approximate surface area is 217 Å². The van der Waals surface area contributed by atoms with E-state index in [0.29, 0.717) is 43.3 Å². The number of carbonyl (C=O) groups excluding carboxylic acids is 2. The summed E-state index contributed by atoms with van der Waals surface area (Å²) in [7, 11) is 0. The largest absolute Gasteiger partial charge is 0.368 e. The predicted octanol–water partition coefficient (Wildman–Crippen LogP) is 5.26. The first-order valence-electron chi connectivity index (χ1n) is 12.3. The van der Waals surface area contributed by atoms with Crippen LogP contribution in [-0.2, 0) is 6.54 Å². The molecule has 7 nitrogen and oxygen atoms in total. The van der Waals surface area contributed by atoms with Crippen LogP contribution in [0, 0.1) is 0 Å². The summed E-state index contributed by atoms with van der Waals surface area (Å²) in [5.41, 5.74) is 4.24. The number of rotatable bonds is 7. The van der Waals surface area contributed by atoms with E-state index in [1.165, 1.54) is 0 Å². The molecule has 8 heteroatoms. The zero-order valence-electron chi connectivity index (χ0n) is 20.5. The first-order chi connectivity index (χ1) is 17.5. The minimum atomic E-state index is -0.141. The van der Waals surface area contributed by atoms with Crippen LogP contribution in [0.25, 0.3) is 0 Å². The fourth-order valence-corrected chi connectivity index (χ4v) is 4.47. The molecule has 0 aliphatic carbocycles. The highest BCUT2D eigenvalue weighted by Gasteiger charge is 2.21. The number of nitrogens with zero attached hydrogens (tertiary/aromatic N) is 2. The summed E-state index contributed by atoms with van der Waals surface area (Å²) in [6, 6.07) is 23.0. The van der Waals surface area contributed by atoms with Gasteiger partial charge in [-0.2, -0.15) is 0 Å². The molecule has 0 saturated carbocycles. The standard InChI is InChI=1S/C28H32ClN5O2/c1-2-30-28(36)34-15-7-14-33(16-17-34)26-13-12-22(27(35)31-20-21-8-4-3-5-9-21)18-25(26)32-24-11-6-10-23(29)19-24/h3-6,8-13,18-19,32H,2,7,14-17,20H2,1H3,(H,30,36)(H,31,35). The zero-order chi connectivity index (χ0) is 25.3. The number of hydrogen-bond acceptors (Lipinski definition) is 4. The van der Waals surface area contributed by atoms with Crippen molar-refractivity contribution in [1.82, 2.24) is 15.5 Å². The zero-order valence-corrected chi connectivity index (χ0v) is 21.2. The van der Waals surface area contributed by atoms with E-state index >= 15 is 0 Å². The minimum Gasteiger partial charge on any atom is -0.368 e. The molecule has 1 aliphatic rings. The van der Waals surface area contributed by atoms with Crippen LogP contribution < -0.4 is 20.9 Å². The van der Waals surface area contributed by atoms with Crippen LogP contribution in [0.2, 0.25) is 5.02 Å². The smallest absolute Gasteiger partial charge is 0.317 e. The van der Waals surface area contributed by atoms with E-state index in [4.69, 9.17) is 11.6 Å². The molecule has 36 heavy (non-hydrogen) atoms. The Morgan fingerprint density at radius 1 is 0.889 bits per heavy atom. The quantitative estimate of drug-likeness (QED) is 0.409. The molecule has 3 aromatic rings. The summed E-state index contributed by atoms with van der Waals surface area (Å²) in [6.07, 6.45) is 0.854. The molecule has 0 unspecified atom stereocenters. The van der Waals surface area contributed by atoms with Crippen LogP contribution in [0.1, 0.15) is 29.3 Å². The third-order valence-corrected chi connectivity index (χ3v) is 6.35. The van der Waals surface area contributed by atoms with Crippen molar-refractivity contribution in [1.29, 1.82) is 0 Å². The van der Waals surface area contributed by atoms with Crippen LogP contribution in [0.15, 0.2) is 72.8 Å². The van der Waals surface area contributed by atoms with Crippen molar-refractivity contribution in [2.24, 2.45) is 0 Å². The molecular formula is C28H32ClN5O2. The maximum atomic E-state index is 13.0. The van der Waals surface area contributed by atoms with Crippen molar-refractivity contribution in [2.45, 2.75) is 19.9 Å². The number of benzene rings is 3. The maximum absolute atomic E-state index is 13.0. The lowest BCUT2D eigenvalue weighted by molar-refractivity contribution is 0.0951. The highest BCUT2D eigenvalue weighted by molar-refractivity contribution is 6.30. The van der Waals surface area contributed by atoms with E-state index in [2.05, 4.69) is 20.9 Å². The summed E-state index contributed by atoms with van der Waals surface area (Å²) in [5.74, 6) is -0.141. The van der Waals surface area contributed by atoms with Gasteiger partial charge in [0, 0.05) is 55.5 Å². The van der Waals surface area contributed by atoms with Gasteiger partial charge in [-0.1, -0.05) is 48.0 Å². The SMILES string of the molecule is CCNC(=O)N1CCCN(c2ccc(C(=O)NCc3ccccc3)cc2Nc2cccc(Cl)c2)CC1. The topological polar surface area (TPSA) is 76.7 Å². The van der Waals surface area contributed by atoms with Crippen LogP contribution in [0.4, 0.5) is 21.9 Å². The highest BCUT2D eigenvalue weighted by Crippen LogP contribution is 2.32. The van der Waals surface area contributed by atoms with Gasteiger partial charge in [0.1, 0.15) is 0 Å². The van der Waals surface area contributed by atoms with Crippen molar-refractivity contribution < 1.29 is 9.59 Å². The van der Waals surface area contributed by atoms with Crippen molar-refractivity contribution >= 4 is 40.6 Å². The van der Waals surface area contributed by atoms with Gasteiger partial charge in [0.2, 0.25) is 0 Å². The lowest BCUT2D eigenvalue weighted by atomic mass is 10.1. The van der Waals surface area contributed by atoms with E-state index < -0.39 is 0 Å². The van der Waals surface area contributed by atoms with E-state index in [9.17, 15) is 9.59 Å². The second-order valence-electron chi connectivity index (χ2n) is 8.70. The normalized spacial score (nSPS) is 13.6. The molecule has 0 aromatic heterocycles. The molecule has 0 atom stereocenters. The van der Waals surface area contributed by atoms with Crippen molar-refractivity contribution in [3.05, 3.63) is 88.9 Å². The van der Waals surface area contributed by atoms with Gasteiger partial charge in [-0.05, 0) is 55.3 Å².